The summed E-state index contributed by atoms with van der Waals surface area (Å²) in [5.41, 5.74) is -0.616. The lowest BCUT2D eigenvalue weighted by atomic mass is 10.1. The number of aliphatic carboxylic acids is 1. The van der Waals surface area contributed by atoms with Crippen molar-refractivity contribution in [2.45, 2.75) is 61.5 Å². The van der Waals surface area contributed by atoms with Gasteiger partial charge in [0.2, 0.25) is 5.16 Å². The zero-order valence-electron chi connectivity index (χ0n) is 20.7. The molecule has 0 radical (unpaired) electrons. The standard InChI is InChI=1S/C22H21N7O10S/c30-16-5-6-17(31)28(16)39-19(34)4-2-1-3-8-26-20(35)12-10-14(29(37)38)15(11-13(12)21(26)36)40-22-23-24-25-27(22)9-7-18(32)33/h10-11H,1-9H2,(H,32,33). The molecule has 0 saturated carbocycles. The topological polar surface area (TPSA) is 225 Å². The number of hydroxylamine groups is 2. The fourth-order valence-corrected chi connectivity index (χ4v) is 4.89. The minimum absolute atomic E-state index is 0.00575. The van der Waals surface area contributed by atoms with Crippen LogP contribution in [-0.4, -0.2) is 82.3 Å². The molecule has 4 rings (SSSR count). The van der Waals surface area contributed by atoms with Gasteiger partial charge in [0.1, 0.15) is 0 Å². The Balaban J connectivity index is 1.36. The Hall–Kier alpha value is -4.74. The van der Waals surface area contributed by atoms with E-state index in [-0.39, 0.29) is 60.0 Å². The molecule has 1 N–H and O–H groups in total. The molecular formula is C22H21N7O10S. The van der Waals surface area contributed by atoms with E-state index in [4.69, 9.17) is 9.94 Å². The predicted molar refractivity (Wildman–Crippen MR) is 128 cm³/mol. The number of benzene rings is 1. The van der Waals surface area contributed by atoms with Crippen LogP contribution in [0.4, 0.5) is 5.69 Å². The molecule has 3 heterocycles. The molecule has 1 saturated heterocycles. The third kappa shape index (κ3) is 6.11. The maximum absolute atomic E-state index is 13.0. The number of carboxylic acid groups (broad SMARTS) is 1. The molecule has 4 amide bonds. The maximum Gasteiger partial charge on any atom is 0.333 e. The Morgan fingerprint density at radius 1 is 1.00 bits per heavy atom. The highest BCUT2D eigenvalue weighted by molar-refractivity contribution is 7.99. The summed E-state index contributed by atoms with van der Waals surface area (Å²) in [4.78, 5) is 88.4. The monoisotopic (exact) mass is 575 g/mol. The van der Waals surface area contributed by atoms with Gasteiger partial charge in [-0.3, -0.25) is 39.0 Å². The number of hydrogen-bond donors (Lipinski definition) is 1. The Labute approximate surface area is 228 Å². The second-order valence-electron chi connectivity index (χ2n) is 8.67. The van der Waals surface area contributed by atoms with Gasteiger partial charge in [-0.1, -0.05) is 6.42 Å². The summed E-state index contributed by atoms with van der Waals surface area (Å²) in [6.07, 6.45) is 0.639. The number of imide groups is 2. The van der Waals surface area contributed by atoms with Crippen molar-refractivity contribution in [2.24, 2.45) is 0 Å². The number of amides is 4. The van der Waals surface area contributed by atoms with Crippen molar-refractivity contribution >= 4 is 53.0 Å². The van der Waals surface area contributed by atoms with Crippen molar-refractivity contribution in [3.63, 3.8) is 0 Å². The highest BCUT2D eigenvalue weighted by atomic mass is 32.2. The van der Waals surface area contributed by atoms with Crippen LogP contribution in [-0.2, 0) is 30.6 Å². The van der Waals surface area contributed by atoms with Gasteiger partial charge in [0.05, 0.1) is 33.9 Å². The molecule has 0 unspecified atom stereocenters. The summed E-state index contributed by atoms with van der Waals surface area (Å²) >= 11 is 0.757. The number of aromatic nitrogens is 4. The second-order valence-corrected chi connectivity index (χ2v) is 9.68. The predicted octanol–water partition coefficient (Wildman–Crippen LogP) is 0.971. The summed E-state index contributed by atoms with van der Waals surface area (Å²) in [5.74, 6) is -4.35. The molecular weight excluding hydrogens is 554 g/mol. The summed E-state index contributed by atoms with van der Waals surface area (Å²) in [7, 11) is 0. The Bertz CT molecular complexity index is 1410. The number of nitro groups is 1. The SMILES string of the molecule is O=C(O)CCn1nnnc1Sc1cc2c(cc1[N+](=O)[O-])C(=O)N(CCCCCC(=O)ON1C(=O)CCC1=O)C2=O. The molecule has 0 bridgehead atoms. The van der Waals surface area contributed by atoms with Gasteiger partial charge in [-0.05, 0) is 41.1 Å². The van der Waals surface area contributed by atoms with Crippen LogP contribution in [0.25, 0.3) is 0 Å². The van der Waals surface area contributed by atoms with Crippen molar-refractivity contribution in [3.05, 3.63) is 33.4 Å². The Kier molecular flexibility index (Phi) is 8.46. The van der Waals surface area contributed by atoms with E-state index in [0.717, 1.165) is 27.4 Å². The van der Waals surface area contributed by atoms with E-state index in [1.807, 2.05) is 0 Å². The van der Waals surface area contributed by atoms with Crippen LogP contribution in [0.1, 0.15) is 65.7 Å². The molecule has 40 heavy (non-hydrogen) atoms. The quantitative estimate of drug-likeness (QED) is 0.152. The summed E-state index contributed by atoms with van der Waals surface area (Å²) in [6, 6.07) is 2.23. The first-order valence-corrected chi connectivity index (χ1v) is 12.8. The number of aryl methyl sites for hydroxylation is 1. The molecule has 17 nitrogen and oxygen atoms in total. The zero-order valence-corrected chi connectivity index (χ0v) is 21.5. The van der Waals surface area contributed by atoms with Crippen LogP contribution < -0.4 is 0 Å². The van der Waals surface area contributed by atoms with Gasteiger partial charge in [-0.25, -0.2) is 9.48 Å². The van der Waals surface area contributed by atoms with Crippen LogP contribution in [0.15, 0.2) is 22.2 Å². The Morgan fingerprint density at radius 3 is 2.33 bits per heavy atom. The number of nitrogens with zero attached hydrogens (tertiary/aromatic N) is 7. The molecule has 2 aliphatic heterocycles. The van der Waals surface area contributed by atoms with Crippen molar-refractivity contribution in [2.75, 3.05) is 6.54 Å². The fraction of sp³-hybridized carbons (Fsp3) is 0.409. The normalized spacial score (nSPS) is 14.7. The number of rotatable bonds is 13. The van der Waals surface area contributed by atoms with E-state index in [0.29, 0.717) is 24.3 Å². The summed E-state index contributed by atoms with van der Waals surface area (Å²) in [6.45, 7) is -0.0883. The van der Waals surface area contributed by atoms with Gasteiger partial charge in [0.15, 0.2) is 0 Å². The van der Waals surface area contributed by atoms with Crippen molar-refractivity contribution < 1.29 is 43.6 Å². The van der Waals surface area contributed by atoms with Gasteiger partial charge in [0, 0.05) is 31.9 Å². The van der Waals surface area contributed by atoms with Gasteiger partial charge in [-0.2, -0.15) is 0 Å². The number of carbonyl (C=O) groups is 6. The molecule has 2 aliphatic rings. The second kappa shape index (κ2) is 12.0. The molecule has 0 atom stereocenters. The van der Waals surface area contributed by atoms with E-state index in [9.17, 15) is 38.9 Å². The molecule has 2 aromatic rings. The average Bonchev–Trinajstić information content (AvgIpc) is 3.55. The maximum atomic E-state index is 13.0. The minimum atomic E-state index is -1.09. The minimum Gasteiger partial charge on any atom is -0.481 e. The van der Waals surface area contributed by atoms with Crippen LogP contribution in [0.2, 0.25) is 0 Å². The van der Waals surface area contributed by atoms with E-state index < -0.39 is 46.2 Å². The lowest BCUT2D eigenvalue weighted by Crippen LogP contribution is -2.32. The lowest BCUT2D eigenvalue weighted by molar-refractivity contribution is -0.387. The molecule has 1 fully saturated rings. The van der Waals surface area contributed by atoms with Gasteiger partial charge >= 0.3 is 11.9 Å². The molecule has 210 valence electrons. The van der Waals surface area contributed by atoms with E-state index >= 15 is 0 Å². The summed E-state index contributed by atoms with van der Waals surface area (Å²) < 4.78 is 1.16. The van der Waals surface area contributed by atoms with Gasteiger partial charge in [0.25, 0.3) is 29.3 Å². The lowest BCUT2D eigenvalue weighted by Gasteiger charge is -2.14. The first-order valence-electron chi connectivity index (χ1n) is 12.0. The van der Waals surface area contributed by atoms with E-state index in [1.54, 1.807) is 0 Å². The first-order chi connectivity index (χ1) is 19.1. The van der Waals surface area contributed by atoms with Crippen molar-refractivity contribution in [1.82, 2.24) is 30.2 Å². The third-order valence-electron chi connectivity index (χ3n) is 5.95. The number of nitro benzene ring substituents is 1. The molecule has 1 aromatic heterocycles. The highest BCUT2D eigenvalue weighted by Gasteiger charge is 2.38. The van der Waals surface area contributed by atoms with Crippen molar-refractivity contribution in [3.8, 4) is 0 Å². The number of unbranched alkanes of at least 4 members (excludes halogenated alkanes) is 2. The first kappa shape index (κ1) is 28.3. The fourth-order valence-electron chi connectivity index (χ4n) is 3.96. The van der Waals surface area contributed by atoms with Crippen LogP contribution in [0, 0.1) is 10.1 Å². The van der Waals surface area contributed by atoms with E-state index in [1.165, 1.54) is 6.07 Å². The average molecular weight is 576 g/mol. The number of carboxylic acids is 1. The molecule has 0 aliphatic carbocycles. The molecule has 18 heteroatoms. The number of tetrazole rings is 1. The third-order valence-corrected chi connectivity index (χ3v) is 6.97. The number of fused-ring (bicyclic) bond motifs is 1. The molecule has 1 aromatic carbocycles. The van der Waals surface area contributed by atoms with E-state index in [2.05, 4.69) is 15.5 Å². The Morgan fingerprint density at radius 2 is 1.68 bits per heavy atom. The van der Waals surface area contributed by atoms with Crippen LogP contribution >= 0.6 is 11.8 Å². The smallest absolute Gasteiger partial charge is 0.333 e. The van der Waals surface area contributed by atoms with Gasteiger partial charge < -0.3 is 9.94 Å². The molecule has 0 spiro atoms. The largest absolute Gasteiger partial charge is 0.481 e. The van der Waals surface area contributed by atoms with Crippen LogP contribution in [0.5, 0.6) is 0 Å². The number of hydrogen-bond acceptors (Lipinski definition) is 13. The van der Waals surface area contributed by atoms with Crippen LogP contribution in [0.3, 0.4) is 0 Å². The summed E-state index contributed by atoms with van der Waals surface area (Å²) in [5, 5.41) is 32.0. The zero-order chi connectivity index (χ0) is 29.0. The highest BCUT2D eigenvalue weighted by Crippen LogP contribution is 2.38. The van der Waals surface area contributed by atoms with Crippen molar-refractivity contribution in [1.29, 1.82) is 0 Å². The van der Waals surface area contributed by atoms with Gasteiger partial charge in [-0.15, -0.1) is 10.2 Å². The number of carbonyl (C=O) groups excluding carboxylic acids is 5.